The van der Waals surface area contributed by atoms with Gasteiger partial charge in [0.2, 0.25) is 0 Å². The van der Waals surface area contributed by atoms with Gasteiger partial charge in [-0.3, -0.25) is 4.79 Å². The van der Waals surface area contributed by atoms with Crippen molar-refractivity contribution in [2.45, 2.75) is 17.5 Å². The first kappa shape index (κ1) is 23.3. The molecule has 1 amide bonds. The van der Waals surface area contributed by atoms with Gasteiger partial charge in [-0.25, -0.2) is 4.39 Å². The average Bonchev–Trinajstić information content (AvgIpc) is 3.05. The Bertz CT molecular complexity index is 1540. The van der Waals surface area contributed by atoms with Crippen molar-refractivity contribution >= 4 is 50.7 Å². The fourth-order valence-electron chi connectivity index (χ4n) is 4.08. The third kappa shape index (κ3) is 4.16. The summed E-state index contributed by atoms with van der Waals surface area (Å²) in [6.07, 6.45) is 0. The minimum Gasteiger partial charge on any atom is -0.509 e. The number of sulfonamides is 1. The van der Waals surface area contributed by atoms with Gasteiger partial charge in [-0.2, -0.15) is 8.42 Å². The lowest BCUT2D eigenvalue weighted by atomic mass is 10.0. The maximum atomic E-state index is 13.6. The average molecular weight is 532 g/mol. The van der Waals surface area contributed by atoms with E-state index in [1.54, 1.807) is 30.3 Å². The van der Waals surface area contributed by atoms with Crippen LogP contribution in [0.4, 0.5) is 10.1 Å². The quantitative estimate of drug-likeness (QED) is 0.479. The molecule has 2 aliphatic heterocycles. The molecule has 2 N–H and O–H groups in total. The standard InChI is InChI=1S/C24H16Cl2FN3O4S/c25-16-10-5-13(11-17(16)26)12-30-21(14-6-8-15(27)9-7-14)22(31)20(24(30)32)23-28-18-3-1-2-4-19(18)35(33,34)29-23/h1-11,21,31H,12H2,(H,28,29)/t21-/m0/s1. The molecular weight excluding hydrogens is 516 g/mol. The van der Waals surface area contributed by atoms with Crippen LogP contribution in [0.3, 0.4) is 0 Å². The van der Waals surface area contributed by atoms with Gasteiger partial charge in [-0.1, -0.05) is 53.5 Å². The van der Waals surface area contributed by atoms with Crippen molar-refractivity contribution in [1.29, 1.82) is 0 Å². The summed E-state index contributed by atoms with van der Waals surface area (Å²) in [5.41, 5.74) is 0.974. The predicted octanol–water partition coefficient (Wildman–Crippen LogP) is 5.24. The Morgan fingerprint density at radius 2 is 1.74 bits per heavy atom. The summed E-state index contributed by atoms with van der Waals surface area (Å²) in [7, 11) is -4.12. The van der Waals surface area contributed by atoms with Crippen molar-refractivity contribution in [2.75, 3.05) is 5.32 Å². The summed E-state index contributed by atoms with van der Waals surface area (Å²) in [6, 6.07) is 15.2. The molecule has 2 aliphatic rings. The summed E-state index contributed by atoms with van der Waals surface area (Å²) in [5.74, 6) is -1.86. The second kappa shape index (κ2) is 8.67. The minimum atomic E-state index is -4.12. The molecule has 3 aromatic carbocycles. The fraction of sp³-hybridized carbons (Fsp3) is 0.0833. The van der Waals surface area contributed by atoms with Gasteiger partial charge < -0.3 is 15.3 Å². The van der Waals surface area contributed by atoms with E-state index >= 15 is 0 Å². The van der Waals surface area contributed by atoms with E-state index < -0.39 is 33.5 Å². The van der Waals surface area contributed by atoms with E-state index in [2.05, 4.69) is 9.71 Å². The van der Waals surface area contributed by atoms with Crippen LogP contribution >= 0.6 is 23.2 Å². The second-order valence-corrected chi connectivity index (χ2v) is 10.3. The van der Waals surface area contributed by atoms with Crippen LogP contribution in [0.5, 0.6) is 0 Å². The number of nitrogens with one attached hydrogen (secondary N) is 1. The van der Waals surface area contributed by atoms with Crippen molar-refractivity contribution in [1.82, 2.24) is 4.90 Å². The molecule has 7 nitrogen and oxygen atoms in total. The van der Waals surface area contributed by atoms with Crippen LogP contribution in [0.1, 0.15) is 17.2 Å². The third-order valence-electron chi connectivity index (χ3n) is 5.69. The number of hydrogen-bond acceptors (Lipinski definition) is 5. The predicted molar refractivity (Wildman–Crippen MR) is 130 cm³/mol. The Labute approximate surface area is 210 Å². The molecule has 178 valence electrons. The van der Waals surface area contributed by atoms with Crippen LogP contribution in [0.2, 0.25) is 10.0 Å². The number of hydrogen-bond donors (Lipinski definition) is 2. The van der Waals surface area contributed by atoms with E-state index in [-0.39, 0.29) is 33.6 Å². The number of amides is 1. The number of carbonyl (C=O) groups is 1. The van der Waals surface area contributed by atoms with Gasteiger partial charge in [-0.15, -0.1) is 4.40 Å². The number of amidine groups is 1. The van der Waals surface area contributed by atoms with Crippen molar-refractivity contribution in [2.24, 2.45) is 4.40 Å². The molecule has 35 heavy (non-hydrogen) atoms. The van der Waals surface area contributed by atoms with E-state index in [4.69, 9.17) is 23.2 Å². The Kier molecular flexibility index (Phi) is 5.79. The molecule has 0 unspecified atom stereocenters. The lowest BCUT2D eigenvalue weighted by molar-refractivity contribution is -0.127. The van der Waals surface area contributed by atoms with Gasteiger partial charge in [0.05, 0.1) is 15.7 Å². The molecule has 0 saturated heterocycles. The Morgan fingerprint density at radius 3 is 2.46 bits per heavy atom. The van der Waals surface area contributed by atoms with Crippen LogP contribution in [0.15, 0.2) is 87.4 Å². The molecule has 0 saturated carbocycles. The number of nitrogens with zero attached hydrogens (tertiary/aromatic N) is 2. The molecule has 0 radical (unpaired) electrons. The second-order valence-electron chi connectivity index (χ2n) is 7.93. The van der Waals surface area contributed by atoms with E-state index in [0.717, 1.165) is 0 Å². The first-order valence-corrected chi connectivity index (χ1v) is 12.5. The molecule has 0 spiro atoms. The van der Waals surface area contributed by atoms with Gasteiger partial charge in [-0.05, 0) is 47.5 Å². The van der Waals surface area contributed by atoms with Gasteiger partial charge in [0.1, 0.15) is 28.1 Å². The zero-order valence-corrected chi connectivity index (χ0v) is 20.1. The lowest BCUT2D eigenvalue weighted by Crippen LogP contribution is -2.33. The number of para-hydroxylation sites is 1. The summed E-state index contributed by atoms with van der Waals surface area (Å²) < 4.78 is 42.9. The molecule has 2 heterocycles. The van der Waals surface area contributed by atoms with Crippen LogP contribution in [0.25, 0.3) is 0 Å². The van der Waals surface area contributed by atoms with Crippen LogP contribution < -0.4 is 5.32 Å². The van der Waals surface area contributed by atoms with Crippen molar-refractivity contribution in [3.8, 4) is 0 Å². The SMILES string of the molecule is O=C1C(C2=NS(=O)(=O)c3ccccc3N2)=C(O)[C@H](c2ccc(F)cc2)N1Cc1ccc(Cl)c(Cl)c1. The third-order valence-corrected chi connectivity index (χ3v) is 7.76. The summed E-state index contributed by atoms with van der Waals surface area (Å²) in [6.45, 7) is 0.00193. The molecule has 1 atom stereocenters. The summed E-state index contributed by atoms with van der Waals surface area (Å²) in [5, 5.41) is 14.7. The molecule has 11 heteroatoms. The lowest BCUT2D eigenvalue weighted by Gasteiger charge is -2.26. The first-order chi connectivity index (χ1) is 16.7. The number of aliphatic hydroxyl groups is 1. The highest BCUT2D eigenvalue weighted by Gasteiger charge is 2.44. The number of fused-ring (bicyclic) bond motifs is 1. The van der Waals surface area contributed by atoms with Crippen molar-refractivity contribution in [3.63, 3.8) is 0 Å². The van der Waals surface area contributed by atoms with Crippen LogP contribution in [0, 0.1) is 5.82 Å². The van der Waals surface area contributed by atoms with E-state index in [1.807, 2.05) is 0 Å². The highest BCUT2D eigenvalue weighted by Crippen LogP contribution is 2.40. The summed E-state index contributed by atoms with van der Waals surface area (Å²) in [4.78, 5) is 14.9. The Hall–Kier alpha value is -3.40. The maximum absolute atomic E-state index is 13.6. The molecular formula is C24H16Cl2FN3O4S. The maximum Gasteiger partial charge on any atom is 0.286 e. The van der Waals surface area contributed by atoms with Crippen molar-refractivity contribution in [3.05, 3.63) is 105 Å². The summed E-state index contributed by atoms with van der Waals surface area (Å²) >= 11 is 12.1. The van der Waals surface area contributed by atoms with Crippen molar-refractivity contribution < 1.29 is 22.7 Å². The zero-order chi connectivity index (χ0) is 24.9. The topological polar surface area (TPSA) is 99.1 Å². The van der Waals surface area contributed by atoms with Crippen LogP contribution in [-0.2, 0) is 21.4 Å². The van der Waals surface area contributed by atoms with E-state index in [9.17, 15) is 22.7 Å². The monoisotopic (exact) mass is 531 g/mol. The highest BCUT2D eigenvalue weighted by molar-refractivity contribution is 7.90. The Morgan fingerprint density at radius 1 is 1.03 bits per heavy atom. The minimum absolute atomic E-state index is 0.00193. The zero-order valence-electron chi connectivity index (χ0n) is 17.7. The number of rotatable bonds is 4. The van der Waals surface area contributed by atoms with E-state index in [1.165, 1.54) is 41.3 Å². The fourth-order valence-corrected chi connectivity index (χ4v) is 5.52. The van der Waals surface area contributed by atoms with Gasteiger partial charge in [0.15, 0.2) is 5.84 Å². The molecule has 0 bridgehead atoms. The van der Waals surface area contributed by atoms with E-state index in [0.29, 0.717) is 16.1 Å². The molecule has 0 aliphatic carbocycles. The normalized spacial score (nSPS) is 18.8. The number of aliphatic hydroxyl groups excluding tert-OH is 1. The largest absolute Gasteiger partial charge is 0.509 e. The van der Waals surface area contributed by atoms with Crippen LogP contribution in [-0.4, -0.2) is 30.2 Å². The molecule has 0 fully saturated rings. The van der Waals surface area contributed by atoms with Gasteiger partial charge >= 0.3 is 0 Å². The number of benzene rings is 3. The number of halogens is 3. The molecule has 3 aromatic rings. The van der Waals surface area contributed by atoms with Gasteiger partial charge in [0.25, 0.3) is 15.9 Å². The molecule has 5 rings (SSSR count). The first-order valence-electron chi connectivity index (χ1n) is 10.3. The highest BCUT2D eigenvalue weighted by atomic mass is 35.5. The van der Waals surface area contributed by atoms with Gasteiger partial charge in [0, 0.05) is 6.54 Å². The smallest absolute Gasteiger partial charge is 0.286 e. The molecule has 0 aromatic heterocycles. The Balaban J connectivity index is 1.61. The number of carbonyl (C=O) groups excluding carboxylic acids is 1. The number of anilines is 1.